The van der Waals surface area contributed by atoms with E-state index in [1.54, 1.807) is 35.9 Å². The summed E-state index contributed by atoms with van der Waals surface area (Å²) in [6.45, 7) is 0. The van der Waals surface area contributed by atoms with Crippen molar-refractivity contribution < 1.29 is 9.53 Å². The van der Waals surface area contributed by atoms with Gasteiger partial charge in [0.1, 0.15) is 5.75 Å². The Morgan fingerprint density at radius 1 is 1.07 bits per heavy atom. The van der Waals surface area contributed by atoms with Crippen LogP contribution in [0.15, 0.2) is 53.7 Å². The number of amides is 1. The molecule has 0 fully saturated rings. The summed E-state index contributed by atoms with van der Waals surface area (Å²) in [7, 11) is 3.57. The number of nitrogens with one attached hydrogen (secondary N) is 1. The molecule has 0 unspecified atom stereocenters. The number of ether oxygens (including phenoxy) is 1. The molecule has 10 heteroatoms. The average Bonchev–Trinajstić information content (AvgIpc) is 3.38. The van der Waals surface area contributed by atoms with E-state index in [2.05, 4.69) is 20.6 Å². The highest BCUT2D eigenvalue weighted by Crippen LogP contribution is 2.24. The van der Waals surface area contributed by atoms with Gasteiger partial charge in [0.25, 0.3) is 5.78 Å². The molecule has 0 aliphatic rings. The Bertz CT molecular complexity index is 1350. The molecule has 5 rings (SSSR count). The zero-order chi connectivity index (χ0) is 20.0. The first-order chi connectivity index (χ1) is 14.2. The maximum Gasteiger partial charge on any atom is 0.260 e. The molecule has 3 heterocycles. The summed E-state index contributed by atoms with van der Waals surface area (Å²) >= 11 is 1.29. The van der Waals surface area contributed by atoms with E-state index < -0.39 is 0 Å². The van der Waals surface area contributed by atoms with Crippen molar-refractivity contribution in [2.75, 3.05) is 18.2 Å². The standard InChI is InChI=1S/C19H17N7O2S/c1-24-14-5-3-4-6-15(14)25-17-21-22-19(26(17)23-18(24)25)29-11-16(27)20-12-7-9-13(28-2)10-8-12/h3-10H,11H2,1-2H3,(H,20,27). The van der Waals surface area contributed by atoms with Crippen LogP contribution in [0.2, 0.25) is 0 Å². The number of anilines is 1. The second-order valence-electron chi connectivity index (χ2n) is 6.44. The minimum atomic E-state index is -0.133. The number of carbonyl (C=O) groups is 1. The first kappa shape index (κ1) is 17.6. The number of hydrogen-bond acceptors (Lipinski definition) is 6. The summed E-state index contributed by atoms with van der Waals surface area (Å²) in [4.78, 5) is 12.3. The molecule has 0 atom stereocenters. The van der Waals surface area contributed by atoms with Gasteiger partial charge in [-0.15, -0.1) is 15.3 Å². The van der Waals surface area contributed by atoms with Crippen molar-refractivity contribution >= 4 is 45.9 Å². The summed E-state index contributed by atoms with van der Waals surface area (Å²) < 4.78 is 10.8. The highest BCUT2D eigenvalue weighted by Gasteiger charge is 2.19. The number of thioether (sulfide) groups is 1. The highest BCUT2D eigenvalue weighted by molar-refractivity contribution is 7.99. The number of carbonyl (C=O) groups excluding carboxylic acids is 1. The second kappa shape index (κ2) is 6.82. The zero-order valence-corrected chi connectivity index (χ0v) is 16.6. The largest absolute Gasteiger partial charge is 0.497 e. The van der Waals surface area contributed by atoms with Crippen LogP contribution in [0.25, 0.3) is 22.6 Å². The van der Waals surface area contributed by atoms with Crippen LogP contribution in [-0.2, 0) is 11.8 Å². The Labute approximate surface area is 169 Å². The van der Waals surface area contributed by atoms with Gasteiger partial charge in [-0.3, -0.25) is 4.79 Å². The number of hydrogen-bond donors (Lipinski definition) is 1. The molecule has 3 aromatic heterocycles. The van der Waals surface area contributed by atoms with E-state index in [4.69, 9.17) is 4.74 Å². The lowest BCUT2D eigenvalue weighted by Gasteiger charge is -2.05. The fourth-order valence-corrected chi connectivity index (χ4v) is 3.95. The quantitative estimate of drug-likeness (QED) is 0.451. The molecule has 0 aliphatic heterocycles. The van der Waals surface area contributed by atoms with Gasteiger partial charge in [-0.05, 0) is 36.4 Å². The van der Waals surface area contributed by atoms with Gasteiger partial charge >= 0.3 is 0 Å². The number of nitrogens with zero attached hydrogens (tertiary/aromatic N) is 6. The molecule has 0 radical (unpaired) electrons. The van der Waals surface area contributed by atoms with E-state index in [1.807, 2.05) is 40.3 Å². The van der Waals surface area contributed by atoms with Gasteiger partial charge in [-0.2, -0.15) is 4.52 Å². The van der Waals surface area contributed by atoms with E-state index in [0.717, 1.165) is 22.6 Å². The third-order valence-electron chi connectivity index (χ3n) is 4.68. The summed E-state index contributed by atoms with van der Waals surface area (Å²) in [6.07, 6.45) is 0. The number of imidazole rings is 1. The van der Waals surface area contributed by atoms with Crippen LogP contribution in [0.3, 0.4) is 0 Å². The molecule has 5 aromatic rings. The minimum absolute atomic E-state index is 0.133. The van der Waals surface area contributed by atoms with Crippen LogP contribution in [0.5, 0.6) is 5.75 Å². The molecular formula is C19H17N7O2S. The zero-order valence-electron chi connectivity index (χ0n) is 15.7. The number of aryl methyl sites for hydroxylation is 1. The third-order valence-corrected chi connectivity index (χ3v) is 5.59. The van der Waals surface area contributed by atoms with Crippen LogP contribution in [-0.4, -0.2) is 47.5 Å². The fourth-order valence-electron chi connectivity index (χ4n) is 3.28. The lowest BCUT2D eigenvalue weighted by Crippen LogP contribution is -2.14. The Morgan fingerprint density at radius 2 is 1.83 bits per heavy atom. The molecule has 0 bridgehead atoms. The van der Waals surface area contributed by atoms with Crippen molar-refractivity contribution in [3.8, 4) is 5.75 Å². The van der Waals surface area contributed by atoms with Crippen LogP contribution in [0.1, 0.15) is 0 Å². The van der Waals surface area contributed by atoms with E-state index in [1.165, 1.54) is 11.8 Å². The fraction of sp³-hybridized carbons (Fsp3) is 0.158. The molecule has 0 saturated carbocycles. The van der Waals surface area contributed by atoms with Gasteiger partial charge in [-0.25, -0.2) is 4.40 Å². The first-order valence-electron chi connectivity index (χ1n) is 8.89. The van der Waals surface area contributed by atoms with Crippen molar-refractivity contribution in [3.05, 3.63) is 48.5 Å². The monoisotopic (exact) mass is 407 g/mol. The predicted octanol–water partition coefficient (Wildman–Crippen LogP) is 2.61. The maximum absolute atomic E-state index is 12.3. The number of para-hydroxylation sites is 2. The van der Waals surface area contributed by atoms with Crippen molar-refractivity contribution in [3.63, 3.8) is 0 Å². The van der Waals surface area contributed by atoms with Gasteiger partial charge < -0.3 is 14.6 Å². The number of benzene rings is 2. The van der Waals surface area contributed by atoms with Crippen LogP contribution < -0.4 is 10.1 Å². The topological polar surface area (TPSA) is 90.8 Å². The summed E-state index contributed by atoms with van der Waals surface area (Å²) in [5.41, 5.74) is 2.78. The summed E-state index contributed by atoms with van der Waals surface area (Å²) in [5, 5.41) is 16.6. The lowest BCUT2D eigenvalue weighted by molar-refractivity contribution is -0.113. The third kappa shape index (κ3) is 2.88. The van der Waals surface area contributed by atoms with Crippen molar-refractivity contribution in [1.82, 2.24) is 28.8 Å². The number of methoxy groups -OCH3 is 1. The lowest BCUT2D eigenvalue weighted by atomic mass is 10.3. The molecule has 1 N–H and O–H groups in total. The molecule has 29 heavy (non-hydrogen) atoms. The van der Waals surface area contributed by atoms with Gasteiger partial charge in [0.15, 0.2) is 0 Å². The molecule has 9 nitrogen and oxygen atoms in total. The predicted molar refractivity (Wildman–Crippen MR) is 111 cm³/mol. The number of fused-ring (bicyclic) bond motifs is 5. The van der Waals surface area contributed by atoms with Crippen LogP contribution in [0, 0.1) is 0 Å². The first-order valence-corrected chi connectivity index (χ1v) is 9.88. The van der Waals surface area contributed by atoms with E-state index in [0.29, 0.717) is 16.6 Å². The average molecular weight is 407 g/mol. The van der Waals surface area contributed by atoms with Crippen molar-refractivity contribution in [2.45, 2.75) is 5.16 Å². The normalized spacial score (nSPS) is 11.5. The Kier molecular flexibility index (Phi) is 4.13. The van der Waals surface area contributed by atoms with Crippen molar-refractivity contribution in [2.24, 2.45) is 7.05 Å². The minimum Gasteiger partial charge on any atom is -0.497 e. The smallest absolute Gasteiger partial charge is 0.260 e. The SMILES string of the molecule is COc1ccc(NC(=O)CSc2nnc3n2nc2n(C)c4ccccc4n23)cc1. The Morgan fingerprint density at radius 3 is 2.59 bits per heavy atom. The summed E-state index contributed by atoms with van der Waals surface area (Å²) in [6, 6.07) is 15.2. The molecule has 0 aliphatic carbocycles. The number of rotatable bonds is 5. The molecule has 146 valence electrons. The molecule has 0 saturated heterocycles. The van der Waals surface area contributed by atoms with E-state index >= 15 is 0 Å². The van der Waals surface area contributed by atoms with E-state index in [9.17, 15) is 4.79 Å². The Hall–Kier alpha value is -3.53. The molecule has 2 aromatic carbocycles. The van der Waals surface area contributed by atoms with Gasteiger partial charge in [0, 0.05) is 12.7 Å². The van der Waals surface area contributed by atoms with Crippen molar-refractivity contribution in [1.29, 1.82) is 0 Å². The molecule has 0 spiro atoms. The molecule has 1 amide bonds. The van der Waals surface area contributed by atoms with E-state index in [-0.39, 0.29) is 11.7 Å². The number of aromatic nitrogens is 6. The van der Waals surface area contributed by atoms with Crippen LogP contribution >= 0.6 is 11.8 Å². The molecular weight excluding hydrogens is 390 g/mol. The summed E-state index contributed by atoms with van der Waals surface area (Å²) in [5.74, 6) is 2.19. The Balaban J connectivity index is 1.38. The van der Waals surface area contributed by atoms with Gasteiger partial charge in [0.2, 0.25) is 16.8 Å². The maximum atomic E-state index is 12.3. The second-order valence-corrected chi connectivity index (χ2v) is 7.39. The highest BCUT2D eigenvalue weighted by atomic mass is 32.2. The van der Waals surface area contributed by atoms with Gasteiger partial charge in [-0.1, -0.05) is 23.9 Å². The van der Waals surface area contributed by atoms with Crippen LogP contribution in [0.4, 0.5) is 5.69 Å². The van der Waals surface area contributed by atoms with Gasteiger partial charge in [0.05, 0.1) is 23.9 Å².